The molecule has 1 rings (SSSR count). The predicted octanol–water partition coefficient (Wildman–Crippen LogP) is 1.08. The van der Waals surface area contributed by atoms with Crippen LogP contribution in [0.3, 0.4) is 0 Å². The fourth-order valence-corrected chi connectivity index (χ4v) is 3.21. The zero-order valence-corrected chi connectivity index (χ0v) is 13.3. The van der Waals surface area contributed by atoms with Crippen molar-refractivity contribution in [2.45, 2.75) is 33.2 Å². The average molecular weight is 276 g/mol. The second kappa shape index (κ2) is 5.88. The van der Waals surface area contributed by atoms with Gasteiger partial charge in [-0.2, -0.15) is 0 Å². The molecule has 0 bridgehead atoms. The normalized spacial score (nSPS) is 22.6. The molecule has 5 heteroatoms. The van der Waals surface area contributed by atoms with Crippen molar-refractivity contribution in [2.75, 3.05) is 44.7 Å². The van der Waals surface area contributed by atoms with Gasteiger partial charge in [-0.15, -0.1) is 0 Å². The van der Waals surface area contributed by atoms with Gasteiger partial charge in [0.1, 0.15) is 9.84 Å². The highest BCUT2D eigenvalue weighted by Gasteiger charge is 2.33. The minimum Gasteiger partial charge on any atom is -0.300 e. The van der Waals surface area contributed by atoms with Crippen LogP contribution in [-0.4, -0.2) is 68.5 Å². The van der Waals surface area contributed by atoms with Crippen LogP contribution in [0.1, 0.15) is 27.7 Å². The Labute approximate surface area is 112 Å². The Morgan fingerprint density at radius 3 is 2.28 bits per heavy atom. The Bertz CT molecular complexity index is 363. The third-order valence-electron chi connectivity index (χ3n) is 3.51. The summed E-state index contributed by atoms with van der Waals surface area (Å²) in [6.07, 6.45) is 1.31. The summed E-state index contributed by atoms with van der Waals surface area (Å²) in [7, 11) is -2.86. The topological polar surface area (TPSA) is 40.6 Å². The molecule has 0 spiro atoms. The molecule has 1 heterocycles. The molecule has 0 N–H and O–H groups in total. The first-order valence-electron chi connectivity index (χ1n) is 6.75. The summed E-state index contributed by atoms with van der Waals surface area (Å²) in [5, 5.41) is 0. The van der Waals surface area contributed by atoms with Gasteiger partial charge < -0.3 is 0 Å². The molecule has 0 aromatic heterocycles. The number of rotatable bonds is 5. The van der Waals surface area contributed by atoms with E-state index in [0.717, 1.165) is 26.2 Å². The number of hydrogen-bond acceptors (Lipinski definition) is 4. The first-order chi connectivity index (χ1) is 8.10. The molecule has 0 aromatic rings. The highest BCUT2D eigenvalue weighted by Crippen LogP contribution is 2.21. The van der Waals surface area contributed by atoms with Crippen LogP contribution in [0.15, 0.2) is 0 Å². The first-order valence-corrected chi connectivity index (χ1v) is 8.81. The van der Waals surface area contributed by atoms with Crippen LogP contribution in [0.5, 0.6) is 0 Å². The number of nitrogens with zero attached hydrogens (tertiary/aromatic N) is 2. The zero-order chi connectivity index (χ0) is 14.0. The van der Waals surface area contributed by atoms with Gasteiger partial charge in [-0.3, -0.25) is 9.80 Å². The van der Waals surface area contributed by atoms with E-state index < -0.39 is 9.84 Å². The fraction of sp³-hybridized carbons (Fsp3) is 1.00. The predicted molar refractivity (Wildman–Crippen MR) is 76.6 cm³/mol. The van der Waals surface area contributed by atoms with Gasteiger partial charge in [0.2, 0.25) is 0 Å². The molecular formula is C13H28N2O2S. The van der Waals surface area contributed by atoms with E-state index >= 15 is 0 Å². The molecule has 0 amide bonds. The first kappa shape index (κ1) is 15.9. The Balaban J connectivity index is 2.54. The van der Waals surface area contributed by atoms with Crippen molar-refractivity contribution < 1.29 is 8.42 Å². The quantitative estimate of drug-likeness (QED) is 0.753. The van der Waals surface area contributed by atoms with Gasteiger partial charge in [0.15, 0.2) is 0 Å². The van der Waals surface area contributed by atoms with Crippen molar-refractivity contribution in [1.29, 1.82) is 0 Å². The van der Waals surface area contributed by atoms with Crippen LogP contribution in [0, 0.1) is 5.92 Å². The van der Waals surface area contributed by atoms with Gasteiger partial charge in [-0.05, 0) is 19.8 Å². The van der Waals surface area contributed by atoms with E-state index in [1.54, 1.807) is 0 Å². The maximum atomic E-state index is 11.3. The van der Waals surface area contributed by atoms with Gasteiger partial charge in [0.25, 0.3) is 0 Å². The van der Waals surface area contributed by atoms with E-state index in [-0.39, 0.29) is 11.3 Å². The van der Waals surface area contributed by atoms with Crippen LogP contribution >= 0.6 is 0 Å². The molecule has 0 saturated carbocycles. The molecule has 1 aliphatic heterocycles. The Morgan fingerprint density at radius 2 is 1.83 bits per heavy atom. The summed E-state index contributed by atoms with van der Waals surface area (Å²) in [6, 6.07) is 0. The summed E-state index contributed by atoms with van der Waals surface area (Å²) >= 11 is 0. The highest BCUT2D eigenvalue weighted by atomic mass is 32.2. The van der Waals surface area contributed by atoms with Crippen molar-refractivity contribution in [3.8, 4) is 0 Å². The summed E-state index contributed by atoms with van der Waals surface area (Å²) < 4.78 is 22.5. The van der Waals surface area contributed by atoms with Gasteiger partial charge >= 0.3 is 0 Å². The standard InChI is InChI=1S/C13H28N2O2S/c1-12(2)10-14-6-7-15(13(3,4)11-14)8-9-18(5,16)17/h12H,6-11H2,1-5H3. The molecule has 18 heavy (non-hydrogen) atoms. The number of piperazine rings is 1. The Hall–Kier alpha value is -0.130. The highest BCUT2D eigenvalue weighted by molar-refractivity contribution is 7.90. The van der Waals surface area contributed by atoms with E-state index in [9.17, 15) is 8.42 Å². The monoisotopic (exact) mass is 276 g/mol. The molecule has 1 saturated heterocycles. The van der Waals surface area contributed by atoms with E-state index in [4.69, 9.17) is 0 Å². The minimum absolute atomic E-state index is 0.0673. The van der Waals surface area contributed by atoms with Crippen molar-refractivity contribution in [2.24, 2.45) is 5.92 Å². The molecule has 1 aliphatic rings. The van der Waals surface area contributed by atoms with Gasteiger partial charge in [-0.25, -0.2) is 8.42 Å². The number of hydrogen-bond donors (Lipinski definition) is 0. The fourth-order valence-electron chi connectivity index (χ4n) is 2.65. The van der Waals surface area contributed by atoms with Gasteiger partial charge in [-0.1, -0.05) is 13.8 Å². The molecule has 0 atom stereocenters. The molecular weight excluding hydrogens is 248 g/mol. The van der Waals surface area contributed by atoms with Gasteiger partial charge in [0.05, 0.1) is 5.75 Å². The molecule has 0 unspecified atom stereocenters. The van der Waals surface area contributed by atoms with E-state index in [1.165, 1.54) is 6.26 Å². The SMILES string of the molecule is CC(C)CN1CCN(CCS(C)(=O)=O)C(C)(C)C1. The lowest BCUT2D eigenvalue weighted by molar-refractivity contribution is 0.0196. The molecule has 0 aromatic carbocycles. The van der Waals surface area contributed by atoms with Crippen LogP contribution in [0.25, 0.3) is 0 Å². The average Bonchev–Trinajstić information content (AvgIpc) is 2.12. The molecule has 0 aliphatic carbocycles. The van der Waals surface area contributed by atoms with Crippen LogP contribution in [0.4, 0.5) is 0 Å². The molecule has 108 valence electrons. The van der Waals surface area contributed by atoms with E-state index in [1.807, 2.05) is 0 Å². The van der Waals surface area contributed by atoms with Crippen molar-refractivity contribution in [1.82, 2.24) is 9.80 Å². The van der Waals surface area contributed by atoms with Crippen molar-refractivity contribution >= 4 is 9.84 Å². The van der Waals surface area contributed by atoms with Crippen LogP contribution < -0.4 is 0 Å². The minimum atomic E-state index is -2.86. The third-order valence-corrected chi connectivity index (χ3v) is 4.43. The molecule has 1 fully saturated rings. The second-order valence-electron chi connectivity index (χ2n) is 6.56. The van der Waals surface area contributed by atoms with E-state index in [2.05, 4.69) is 37.5 Å². The molecule has 4 nitrogen and oxygen atoms in total. The summed E-state index contributed by atoms with van der Waals surface area (Å²) in [5.41, 5.74) is 0.0673. The van der Waals surface area contributed by atoms with Crippen molar-refractivity contribution in [3.63, 3.8) is 0 Å². The third kappa shape index (κ3) is 5.24. The van der Waals surface area contributed by atoms with Crippen LogP contribution in [-0.2, 0) is 9.84 Å². The summed E-state index contributed by atoms with van der Waals surface area (Å²) in [6.45, 7) is 13.7. The maximum absolute atomic E-state index is 11.3. The smallest absolute Gasteiger partial charge is 0.148 e. The number of sulfone groups is 1. The summed E-state index contributed by atoms with van der Waals surface area (Å²) in [4.78, 5) is 4.80. The maximum Gasteiger partial charge on any atom is 0.148 e. The molecule has 0 radical (unpaired) electrons. The van der Waals surface area contributed by atoms with E-state index in [0.29, 0.717) is 12.5 Å². The lowest BCUT2D eigenvalue weighted by Crippen LogP contribution is -2.60. The Kier molecular flexibility index (Phi) is 5.21. The van der Waals surface area contributed by atoms with Gasteiger partial charge in [0, 0.05) is 44.5 Å². The zero-order valence-electron chi connectivity index (χ0n) is 12.4. The lowest BCUT2D eigenvalue weighted by atomic mass is 9.98. The summed E-state index contributed by atoms with van der Waals surface area (Å²) in [5.74, 6) is 0.948. The van der Waals surface area contributed by atoms with Crippen molar-refractivity contribution in [3.05, 3.63) is 0 Å². The Morgan fingerprint density at radius 1 is 1.22 bits per heavy atom. The second-order valence-corrected chi connectivity index (χ2v) is 8.82. The lowest BCUT2D eigenvalue weighted by Gasteiger charge is -2.47. The largest absolute Gasteiger partial charge is 0.300 e. The van der Waals surface area contributed by atoms with Crippen LogP contribution in [0.2, 0.25) is 0 Å².